The summed E-state index contributed by atoms with van der Waals surface area (Å²) < 4.78 is 9.94. The summed E-state index contributed by atoms with van der Waals surface area (Å²) >= 11 is 0. The zero-order chi connectivity index (χ0) is 12.3. The maximum absolute atomic E-state index is 11.4. The van der Waals surface area contributed by atoms with Gasteiger partial charge in [-0.3, -0.25) is 0 Å². The molecule has 2 N–H and O–H groups in total. The number of ether oxygens (including phenoxy) is 1. The number of nitrogens with zero attached hydrogens (tertiary/aromatic N) is 2. The minimum absolute atomic E-state index is 0.00419. The van der Waals surface area contributed by atoms with Gasteiger partial charge in [0.2, 0.25) is 5.89 Å². The first-order valence-corrected chi connectivity index (χ1v) is 5.97. The van der Waals surface area contributed by atoms with Gasteiger partial charge in [-0.05, 0) is 37.4 Å². The maximum atomic E-state index is 11.4. The Balaban J connectivity index is 2.09. The van der Waals surface area contributed by atoms with Gasteiger partial charge in [0.1, 0.15) is 0 Å². The van der Waals surface area contributed by atoms with Crippen molar-refractivity contribution in [3.05, 3.63) is 11.7 Å². The molecule has 17 heavy (non-hydrogen) atoms. The number of carbonyl (C=O) groups excluding carboxylic acids is 1. The Labute approximate surface area is 99.5 Å². The van der Waals surface area contributed by atoms with Gasteiger partial charge < -0.3 is 15.0 Å². The Morgan fingerprint density at radius 1 is 1.59 bits per heavy atom. The van der Waals surface area contributed by atoms with E-state index in [1.54, 1.807) is 6.92 Å². The quantitative estimate of drug-likeness (QED) is 0.791. The molecule has 94 valence electrons. The molecule has 1 aliphatic carbocycles. The van der Waals surface area contributed by atoms with Crippen molar-refractivity contribution in [1.29, 1.82) is 0 Å². The van der Waals surface area contributed by atoms with Crippen LogP contribution in [0.15, 0.2) is 4.52 Å². The van der Waals surface area contributed by atoms with Crippen molar-refractivity contribution in [3.8, 4) is 0 Å². The largest absolute Gasteiger partial charge is 0.460 e. The van der Waals surface area contributed by atoms with E-state index in [1.807, 2.05) is 0 Å². The molecule has 1 heterocycles. The van der Waals surface area contributed by atoms with E-state index < -0.39 is 5.97 Å². The molecule has 0 aliphatic heterocycles. The van der Waals surface area contributed by atoms with Crippen LogP contribution in [0.2, 0.25) is 0 Å². The third-order valence-electron chi connectivity index (χ3n) is 3.18. The third-order valence-corrected chi connectivity index (χ3v) is 3.18. The first-order valence-electron chi connectivity index (χ1n) is 5.97. The first kappa shape index (κ1) is 12.0. The molecule has 0 aromatic carbocycles. The fraction of sp³-hybridized carbons (Fsp3) is 0.727. The molecule has 0 bridgehead atoms. The van der Waals surface area contributed by atoms with Crippen LogP contribution >= 0.6 is 0 Å². The Kier molecular flexibility index (Phi) is 3.73. The number of hydrogen-bond donors (Lipinski definition) is 1. The summed E-state index contributed by atoms with van der Waals surface area (Å²) in [5, 5.41) is 3.65. The van der Waals surface area contributed by atoms with Gasteiger partial charge in [0, 0.05) is 5.92 Å². The van der Waals surface area contributed by atoms with E-state index in [-0.39, 0.29) is 11.7 Å². The fourth-order valence-corrected chi connectivity index (χ4v) is 2.31. The molecule has 6 nitrogen and oxygen atoms in total. The molecule has 1 aliphatic rings. The second-order valence-corrected chi connectivity index (χ2v) is 4.21. The highest BCUT2D eigenvalue weighted by atomic mass is 16.5. The number of nitrogens with two attached hydrogens (primary N) is 1. The van der Waals surface area contributed by atoms with Gasteiger partial charge in [0.05, 0.1) is 6.61 Å². The highest BCUT2D eigenvalue weighted by molar-refractivity contribution is 5.84. The van der Waals surface area contributed by atoms with Crippen LogP contribution in [0.5, 0.6) is 0 Å². The lowest BCUT2D eigenvalue weighted by Gasteiger charge is -2.12. The lowest BCUT2D eigenvalue weighted by molar-refractivity contribution is 0.0508. The molecule has 1 aromatic rings. The smallest absolute Gasteiger partial charge is 0.379 e. The molecule has 0 spiro atoms. The van der Waals surface area contributed by atoms with Crippen molar-refractivity contribution >= 4 is 5.97 Å². The predicted octanol–water partition coefficient (Wildman–Crippen LogP) is 1.09. The number of rotatable bonds is 4. The van der Waals surface area contributed by atoms with Gasteiger partial charge >= 0.3 is 5.97 Å². The molecule has 6 heteroatoms. The minimum atomic E-state index is -0.537. The van der Waals surface area contributed by atoms with Gasteiger partial charge in [0.15, 0.2) is 0 Å². The second-order valence-electron chi connectivity index (χ2n) is 4.21. The summed E-state index contributed by atoms with van der Waals surface area (Å²) in [7, 11) is 0. The molecular formula is C11H17N3O3. The molecule has 1 fully saturated rings. The van der Waals surface area contributed by atoms with Crippen molar-refractivity contribution in [2.75, 3.05) is 13.2 Å². The lowest BCUT2D eigenvalue weighted by atomic mass is 9.96. The molecule has 2 atom stereocenters. The van der Waals surface area contributed by atoms with Gasteiger partial charge in [-0.25, -0.2) is 4.79 Å². The van der Waals surface area contributed by atoms with Crippen molar-refractivity contribution in [2.45, 2.75) is 32.1 Å². The van der Waals surface area contributed by atoms with Crippen LogP contribution in [-0.2, 0) is 4.74 Å². The summed E-state index contributed by atoms with van der Waals surface area (Å²) in [6.45, 7) is 2.65. The molecular weight excluding hydrogens is 222 g/mol. The van der Waals surface area contributed by atoms with Crippen LogP contribution in [0.1, 0.15) is 48.6 Å². The van der Waals surface area contributed by atoms with E-state index in [4.69, 9.17) is 15.0 Å². The summed E-state index contributed by atoms with van der Waals surface area (Å²) in [5.41, 5.74) is 5.69. The van der Waals surface area contributed by atoms with Crippen LogP contribution in [0, 0.1) is 5.92 Å². The summed E-state index contributed by atoms with van der Waals surface area (Å²) in [6, 6.07) is 0. The van der Waals surface area contributed by atoms with Crippen molar-refractivity contribution in [2.24, 2.45) is 11.7 Å². The number of hydrogen-bond acceptors (Lipinski definition) is 6. The average molecular weight is 239 g/mol. The van der Waals surface area contributed by atoms with Crippen molar-refractivity contribution in [3.63, 3.8) is 0 Å². The zero-order valence-electron chi connectivity index (χ0n) is 9.89. The Bertz CT molecular complexity index is 391. The highest BCUT2D eigenvalue weighted by Crippen LogP contribution is 2.38. The molecule has 2 unspecified atom stereocenters. The zero-order valence-corrected chi connectivity index (χ0v) is 9.89. The molecule has 1 aromatic heterocycles. The maximum Gasteiger partial charge on any atom is 0.379 e. The molecule has 0 amide bonds. The Morgan fingerprint density at radius 2 is 2.41 bits per heavy atom. The van der Waals surface area contributed by atoms with Gasteiger partial charge in [-0.2, -0.15) is 4.98 Å². The number of carbonyl (C=O) groups is 1. The van der Waals surface area contributed by atoms with E-state index in [2.05, 4.69) is 10.1 Å². The normalized spacial score (nSPS) is 23.9. The minimum Gasteiger partial charge on any atom is -0.460 e. The Morgan fingerprint density at radius 3 is 3.12 bits per heavy atom. The van der Waals surface area contributed by atoms with E-state index in [1.165, 1.54) is 0 Å². The summed E-state index contributed by atoms with van der Waals surface area (Å²) in [6.07, 6.45) is 3.19. The first-order chi connectivity index (χ1) is 8.26. The predicted molar refractivity (Wildman–Crippen MR) is 59.4 cm³/mol. The highest BCUT2D eigenvalue weighted by Gasteiger charge is 2.32. The monoisotopic (exact) mass is 239 g/mol. The van der Waals surface area contributed by atoms with Crippen molar-refractivity contribution < 1.29 is 14.1 Å². The van der Waals surface area contributed by atoms with Crippen LogP contribution in [-0.4, -0.2) is 29.3 Å². The number of esters is 1. The SMILES string of the molecule is CCOC(=O)c1noc(C2CCCC2CN)n1. The van der Waals surface area contributed by atoms with Gasteiger partial charge in [-0.1, -0.05) is 6.42 Å². The van der Waals surface area contributed by atoms with Crippen LogP contribution in [0.25, 0.3) is 0 Å². The summed E-state index contributed by atoms with van der Waals surface area (Å²) in [5.74, 6) is 0.552. The topological polar surface area (TPSA) is 91.2 Å². The second kappa shape index (κ2) is 5.27. The standard InChI is InChI=1S/C11H17N3O3/c1-2-16-11(15)9-13-10(17-14-9)8-5-3-4-7(8)6-12/h7-8H,2-6,12H2,1H3. The van der Waals surface area contributed by atoms with Gasteiger partial charge in [0.25, 0.3) is 5.82 Å². The molecule has 1 saturated carbocycles. The molecule has 0 radical (unpaired) electrons. The lowest BCUT2D eigenvalue weighted by Crippen LogP contribution is -2.17. The molecule has 2 rings (SSSR count). The Hall–Kier alpha value is -1.43. The summed E-state index contributed by atoms with van der Waals surface area (Å²) in [4.78, 5) is 15.5. The fourth-order valence-electron chi connectivity index (χ4n) is 2.31. The molecule has 0 saturated heterocycles. The van der Waals surface area contributed by atoms with Gasteiger partial charge in [-0.15, -0.1) is 0 Å². The average Bonchev–Trinajstić information content (AvgIpc) is 2.97. The third kappa shape index (κ3) is 2.46. The van der Waals surface area contributed by atoms with E-state index in [9.17, 15) is 4.79 Å². The van der Waals surface area contributed by atoms with E-state index in [0.717, 1.165) is 19.3 Å². The van der Waals surface area contributed by atoms with Crippen LogP contribution in [0.4, 0.5) is 0 Å². The van der Waals surface area contributed by atoms with E-state index >= 15 is 0 Å². The van der Waals surface area contributed by atoms with Crippen LogP contribution in [0.3, 0.4) is 0 Å². The van der Waals surface area contributed by atoms with E-state index in [0.29, 0.717) is 25.0 Å². The van der Waals surface area contributed by atoms with Crippen LogP contribution < -0.4 is 5.73 Å². The van der Waals surface area contributed by atoms with Crippen molar-refractivity contribution in [1.82, 2.24) is 10.1 Å². The number of aromatic nitrogens is 2.